The van der Waals surface area contributed by atoms with Crippen molar-refractivity contribution < 1.29 is 13.5 Å². The highest BCUT2D eigenvalue weighted by molar-refractivity contribution is 9.27. The lowest BCUT2D eigenvalue weighted by Crippen LogP contribution is -2.31. The molecule has 2 aromatic rings. The van der Waals surface area contributed by atoms with E-state index in [1.54, 1.807) is 12.1 Å². The number of aliphatic hydroxyl groups is 1. The van der Waals surface area contributed by atoms with Gasteiger partial charge in [0.15, 0.2) is 9.84 Å². The van der Waals surface area contributed by atoms with Gasteiger partial charge in [0, 0.05) is 6.26 Å². The summed E-state index contributed by atoms with van der Waals surface area (Å²) in [7, 11) is -3.53. The largest absolute Gasteiger partial charge is 0.385 e. The third-order valence-corrected chi connectivity index (χ3v) is 8.75. The van der Waals surface area contributed by atoms with Crippen molar-refractivity contribution in [3.05, 3.63) is 60.2 Å². The summed E-state index contributed by atoms with van der Waals surface area (Å²) in [4.78, 5) is 0. The highest BCUT2D eigenvalue weighted by Gasteiger charge is 2.43. The summed E-state index contributed by atoms with van der Waals surface area (Å²) in [6, 6.07) is 17.0. The Hall–Kier alpha value is -0.690. The first-order valence-electron chi connectivity index (χ1n) is 6.14. The van der Waals surface area contributed by atoms with Gasteiger partial charge in [-0.25, -0.2) is 8.42 Å². The molecule has 0 spiro atoms. The zero-order valence-corrected chi connectivity index (χ0v) is 15.2. The number of rotatable bonds is 4. The summed E-state index contributed by atoms with van der Waals surface area (Å²) >= 11 is 6.09. The van der Waals surface area contributed by atoms with Crippen LogP contribution in [0.15, 0.2) is 54.6 Å². The molecule has 0 aliphatic heterocycles. The summed E-state index contributed by atoms with van der Waals surface area (Å²) in [5.41, 5.74) is 2.57. The predicted molar refractivity (Wildman–Crippen MR) is 92.3 cm³/mol. The topological polar surface area (TPSA) is 54.4 Å². The number of hydrogen-bond acceptors (Lipinski definition) is 3. The Morgan fingerprint density at radius 3 is 1.90 bits per heavy atom. The van der Waals surface area contributed by atoms with E-state index in [2.05, 4.69) is 31.9 Å². The van der Waals surface area contributed by atoms with Gasteiger partial charge in [-0.15, -0.1) is 0 Å². The molecule has 1 atom stereocenters. The van der Waals surface area contributed by atoms with Crippen LogP contribution < -0.4 is 0 Å². The summed E-state index contributed by atoms with van der Waals surface area (Å²) in [5.74, 6) is 0. The lowest BCUT2D eigenvalue weighted by Gasteiger charge is -2.25. The van der Waals surface area contributed by atoms with Gasteiger partial charge >= 0.3 is 0 Å². The zero-order valence-electron chi connectivity index (χ0n) is 11.2. The summed E-state index contributed by atoms with van der Waals surface area (Å²) in [6.45, 7) is 0. The Kier molecular flexibility index (Phi) is 4.92. The van der Waals surface area contributed by atoms with E-state index in [1.165, 1.54) is 0 Å². The fourth-order valence-corrected chi connectivity index (χ4v) is 2.96. The Labute approximate surface area is 141 Å². The maximum absolute atomic E-state index is 11.7. The Balaban J connectivity index is 2.32. The highest BCUT2D eigenvalue weighted by atomic mass is 79.9. The number of benzene rings is 2. The number of hydrogen-bond donors (Lipinski definition) is 1. The van der Waals surface area contributed by atoms with Crippen molar-refractivity contribution in [3.8, 4) is 11.1 Å². The van der Waals surface area contributed by atoms with Gasteiger partial charge in [-0.1, -0.05) is 86.5 Å². The average Bonchev–Trinajstić information content (AvgIpc) is 2.46. The van der Waals surface area contributed by atoms with Crippen molar-refractivity contribution in [1.82, 2.24) is 0 Å². The lowest BCUT2D eigenvalue weighted by molar-refractivity contribution is 0.189. The minimum atomic E-state index is -3.53. The first-order valence-corrected chi connectivity index (χ1v) is 9.62. The molecule has 0 radical (unpaired) electrons. The molecule has 2 aromatic carbocycles. The molecule has 0 aliphatic rings. The monoisotopic (exact) mass is 432 g/mol. The van der Waals surface area contributed by atoms with Crippen LogP contribution in [0.5, 0.6) is 0 Å². The summed E-state index contributed by atoms with van der Waals surface area (Å²) in [6.07, 6.45) is -0.171. The number of sulfone groups is 1. The molecule has 0 saturated heterocycles. The normalized spacial score (nSPS) is 13.9. The Morgan fingerprint density at radius 1 is 0.952 bits per heavy atom. The van der Waals surface area contributed by atoms with Crippen molar-refractivity contribution in [2.75, 3.05) is 6.26 Å². The maximum Gasteiger partial charge on any atom is 0.210 e. The van der Waals surface area contributed by atoms with Crippen LogP contribution in [0.4, 0.5) is 0 Å². The van der Waals surface area contributed by atoms with Crippen LogP contribution in [0.1, 0.15) is 11.7 Å². The van der Waals surface area contributed by atoms with Gasteiger partial charge in [-0.2, -0.15) is 0 Å². The van der Waals surface area contributed by atoms with Gasteiger partial charge < -0.3 is 5.11 Å². The molecule has 0 bridgehead atoms. The molecule has 1 N–H and O–H groups in total. The van der Waals surface area contributed by atoms with Gasteiger partial charge in [0.2, 0.25) is 2.57 Å². The van der Waals surface area contributed by atoms with E-state index in [-0.39, 0.29) is 0 Å². The molecule has 1 unspecified atom stereocenters. The zero-order chi connectivity index (χ0) is 15.7. The number of aliphatic hydroxyl groups excluding tert-OH is 1. The molecule has 21 heavy (non-hydrogen) atoms. The third-order valence-electron chi connectivity index (χ3n) is 3.15. The van der Waals surface area contributed by atoms with Crippen molar-refractivity contribution >= 4 is 41.7 Å². The molecule has 0 saturated carbocycles. The van der Waals surface area contributed by atoms with Crippen LogP contribution in [-0.2, 0) is 9.84 Å². The molecule has 0 fully saturated rings. The van der Waals surface area contributed by atoms with Gasteiger partial charge in [0.25, 0.3) is 0 Å². The van der Waals surface area contributed by atoms with E-state index in [9.17, 15) is 13.5 Å². The van der Waals surface area contributed by atoms with Crippen LogP contribution in [0.2, 0.25) is 0 Å². The maximum atomic E-state index is 11.7. The van der Waals surface area contributed by atoms with Gasteiger partial charge in [0.1, 0.15) is 6.10 Å². The van der Waals surface area contributed by atoms with E-state index in [4.69, 9.17) is 0 Å². The second kappa shape index (κ2) is 6.20. The predicted octanol–water partition coefficient (Wildman–Crippen LogP) is 3.88. The van der Waals surface area contributed by atoms with E-state index in [0.29, 0.717) is 5.56 Å². The lowest BCUT2D eigenvalue weighted by atomic mass is 10.0. The Morgan fingerprint density at radius 2 is 1.43 bits per heavy atom. The first-order chi connectivity index (χ1) is 9.73. The van der Waals surface area contributed by atoms with Crippen LogP contribution in [0, 0.1) is 0 Å². The molecule has 0 aromatic heterocycles. The molecule has 0 aliphatic carbocycles. The van der Waals surface area contributed by atoms with E-state index in [1.807, 2.05) is 42.5 Å². The quantitative estimate of drug-likeness (QED) is 0.744. The fraction of sp³-hybridized carbons (Fsp3) is 0.200. The number of alkyl halides is 2. The second-order valence-electron chi connectivity index (χ2n) is 4.72. The van der Waals surface area contributed by atoms with Gasteiger partial charge in [0.05, 0.1) is 0 Å². The fourth-order valence-electron chi connectivity index (χ4n) is 1.89. The van der Waals surface area contributed by atoms with Gasteiger partial charge in [-0.3, -0.25) is 0 Å². The summed E-state index contributed by atoms with van der Waals surface area (Å²) in [5, 5.41) is 10.3. The SMILES string of the molecule is CS(=O)(=O)C(Br)(Br)C(O)c1ccc(-c2ccccc2)cc1. The van der Waals surface area contributed by atoms with Crippen LogP contribution in [-0.4, -0.2) is 22.3 Å². The van der Waals surface area contributed by atoms with Crippen molar-refractivity contribution in [2.24, 2.45) is 0 Å². The van der Waals surface area contributed by atoms with Crippen molar-refractivity contribution in [1.29, 1.82) is 0 Å². The smallest absolute Gasteiger partial charge is 0.210 e. The van der Waals surface area contributed by atoms with Crippen molar-refractivity contribution in [3.63, 3.8) is 0 Å². The van der Waals surface area contributed by atoms with Gasteiger partial charge in [-0.05, 0) is 16.7 Å². The Bertz CT molecular complexity index is 710. The third kappa shape index (κ3) is 3.56. The minimum absolute atomic E-state index is 0.508. The standard InChI is InChI=1S/C15H14Br2O3S/c1-21(19,20)15(16,17)14(18)13-9-7-12(8-10-13)11-5-3-2-4-6-11/h2-10,14,18H,1H3. The first kappa shape index (κ1) is 16.7. The molecule has 6 heteroatoms. The molecular formula is C15H14Br2O3S. The number of halogens is 2. The molecule has 3 nitrogen and oxygen atoms in total. The highest BCUT2D eigenvalue weighted by Crippen LogP contribution is 2.44. The second-order valence-corrected chi connectivity index (χ2v) is 11.5. The van der Waals surface area contributed by atoms with Crippen molar-refractivity contribution in [2.45, 2.75) is 8.67 Å². The van der Waals surface area contributed by atoms with Crippen LogP contribution in [0.3, 0.4) is 0 Å². The molecule has 2 rings (SSSR count). The van der Waals surface area contributed by atoms with Crippen LogP contribution in [0.25, 0.3) is 11.1 Å². The van der Waals surface area contributed by atoms with Crippen LogP contribution >= 0.6 is 31.9 Å². The molecule has 112 valence electrons. The van der Waals surface area contributed by atoms with E-state index in [0.717, 1.165) is 17.4 Å². The average molecular weight is 434 g/mol. The molecule has 0 heterocycles. The minimum Gasteiger partial charge on any atom is -0.385 e. The summed E-state index contributed by atoms with van der Waals surface area (Å²) < 4.78 is 21.8. The van der Waals surface area contributed by atoms with E-state index >= 15 is 0 Å². The molecule has 0 amide bonds. The molecular weight excluding hydrogens is 420 g/mol. The van der Waals surface area contributed by atoms with E-state index < -0.39 is 18.5 Å².